The van der Waals surface area contributed by atoms with Gasteiger partial charge in [-0.25, -0.2) is 0 Å². The van der Waals surface area contributed by atoms with E-state index in [0.29, 0.717) is 12.3 Å². The summed E-state index contributed by atoms with van der Waals surface area (Å²) in [7, 11) is 3.18. The second-order valence-corrected chi connectivity index (χ2v) is 5.25. The molecule has 0 heterocycles. The summed E-state index contributed by atoms with van der Waals surface area (Å²) in [6, 6.07) is 11.6. The molecular weight excluding hydrogens is 296 g/mol. The number of hydrogen-bond acceptors (Lipinski definition) is 4. The van der Waals surface area contributed by atoms with Crippen LogP contribution in [0, 0.1) is 17.0 Å². The maximum Gasteiger partial charge on any atom is 0.282 e. The Labute approximate surface area is 134 Å². The SMILES string of the molecule is COc1ccc(C)cc1CN(C)C(=O)c1ccccc1[N+](=O)[O-]. The number of nitro groups is 1. The number of nitrogens with zero attached hydrogens (tertiary/aromatic N) is 2. The number of aryl methyl sites for hydroxylation is 1. The molecule has 0 radical (unpaired) electrons. The average molecular weight is 314 g/mol. The van der Waals surface area contributed by atoms with E-state index < -0.39 is 10.8 Å². The van der Waals surface area contributed by atoms with Crippen molar-refractivity contribution in [3.8, 4) is 5.75 Å². The fourth-order valence-electron chi connectivity index (χ4n) is 2.38. The van der Waals surface area contributed by atoms with Gasteiger partial charge < -0.3 is 9.64 Å². The van der Waals surface area contributed by atoms with E-state index in [1.165, 1.54) is 17.0 Å². The Morgan fingerprint density at radius 1 is 1.26 bits per heavy atom. The summed E-state index contributed by atoms with van der Waals surface area (Å²) in [5, 5.41) is 11.1. The van der Waals surface area contributed by atoms with Crippen LogP contribution in [0.1, 0.15) is 21.5 Å². The van der Waals surface area contributed by atoms with E-state index in [-0.39, 0.29) is 11.3 Å². The number of carbonyl (C=O) groups excluding carboxylic acids is 1. The fourth-order valence-corrected chi connectivity index (χ4v) is 2.38. The molecule has 0 fully saturated rings. The Balaban J connectivity index is 2.28. The molecule has 0 atom stereocenters. The lowest BCUT2D eigenvalue weighted by atomic mass is 10.1. The summed E-state index contributed by atoms with van der Waals surface area (Å²) in [6.45, 7) is 2.25. The lowest BCUT2D eigenvalue weighted by Gasteiger charge is -2.19. The minimum Gasteiger partial charge on any atom is -0.496 e. The van der Waals surface area contributed by atoms with Crippen LogP contribution in [0.2, 0.25) is 0 Å². The summed E-state index contributed by atoms with van der Waals surface area (Å²) in [5.74, 6) is 0.277. The van der Waals surface area contributed by atoms with E-state index in [0.717, 1.165) is 11.1 Å². The van der Waals surface area contributed by atoms with Crippen LogP contribution in [0.3, 0.4) is 0 Å². The first kappa shape index (κ1) is 16.5. The number of benzene rings is 2. The predicted molar refractivity (Wildman–Crippen MR) is 86.6 cm³/mol. The minimum absolute atomic E-state index is 0.0756. The van der Waals surface area contributed by atoms with E-state index in [1.807, 2.05) is 25.1 Å². The van der Waals surface area contributed by atoms with Gasteiger partial charge in [-0.05, 0) is 19.1 Å². The van der Waals surface area contributed by atoms with E-state index in [2.05, 4.69) is 0 Å². The highest BCUT2D eigenvalue weighted by Gasteiger charge is 2.22. The quantitative estimate of drug-likeness (QED) is 0.627. The smallest absolute Gasteiger partial charge is 0.282 e. The molecule has 2 aromatic rings. The molecular formula is C17H18N2O4. The van der Waals surface area contributed by atoms with Crippen LogP contribution >= 0.6 is 0 Å². The summed E-state index contributed by atoms with van der Waals surface area (Å²) < 4.78 is 5.30. The van der Waals surface area contributed by atoms with E-state index >= 15 is 0 Å². The number of rotatable bonds is 5. The molecule has 2 aromatic carbocycles. The van der Waals surface area contributed by atoms with Crippen molar-refractivity contribution in [3.63, 3.8) is 0 Å². The van der Waals surface area contributed by atoms with Gasteiger partial charge in [-0.3, -0.25) is 14.9 Å². The molecule has 0 aliphatic heterocycles. The molecule has 6 heteroatoms. The third kappa shape index (κ3) is 3.66. The average Bonchev–Trinajstić information content (AvgIpc) is 2.54. The van der Waals surface area contributed by atoms with Gasteiger partial charge in [0.15, 0.2) is 0 Å². The van der Waals surface area contributed by atoms with E-state index in [9.17, 15) is 14.9 Å². The van der Waals surface area contributed by atoms with Crippen molar-refractivity contribution < 1.29 is 14.5 Å². The lowest BCUT2D eigenvalue weighted by Crippen LogP contribution is -2.27. The maximum absolute atomic E-state index is 12.5. The number of para-hydroxylation sites is 1. The Morgan fingerprint density at radius 3 is 2.61 bits per heavy atom. The first-order valence-electron chi connectivity index (χ1n) is 7.06. The van der Waals surface area contributed by atoms with E-state index in [4.69, 9.17) is 4.74 Å². The second-order valence-electron chi connectivity index (χ2n) is 5.25. The highest BCUT2D eigenvalue weighted by atomic mass is 16.6. The van der Waals surface area contributed by atoms with Gasteiger partial charge >= 0.3 is 0 Å². The summed E-state index contributed by atoms with van der Waals surface area (Å²) in [6.07, 6.45) is 0. The molecule has 2 rings (SSSR count). The number of nitro benzene ring substituents is 1. The zero-order chi connectivity index (χ0) is 17.0. The number of amides is 1. The molecule has 0 spiro atoms. The second kappa shape index (κ2) is 6.91. The van der Waals surface area contributed by atoms with Crippen molar-refractivity contribution in [3.05, 3.63) is 69.3 Å². The van der Waals surface area contributed by atoms with Crippen molar-refractivity contribution >= 4 is 11.6 Å². The summed E-state index contributed by atoms with van der Waals surface area (Å²) in [4.78, 5) is 24.5. The van der Waals surface area contributed by atoms with Crippen LogP contribution in [0.5, 0.6) is 5.75 Å². The fraction of sp³-hybridized carbons (Fsp3) is 0.235. The van der Waals surface area contributed by atoms with Crippen LogP contribution in [0.15, 0.2) is 42.5 Å². The van der Waals surface area contributed by atoms with Crippen molar-refractivity contribution in [1.29, 1.82) is 0 Å². The molecule has 0 aromatic heterocycles. The van der Waals surface area contributed by atoms with Crippen molar-refractivity contribution in [1.82, 2.24) is 4.90 Å². The zero-order valence-electron chi connectivity index (χ0n) is 13.3. The molecule has 0 saturated carbocycles. The Kier molecular flexibility index (Phi) is 4.95. The third-order valence-corrected chi connectivity index (χ3v) is 3.52. The Morgan fingerprint density at radius 2 is 1.96 bits per heavy atom. The van der Waals surface area contributed by atoms with Gasteiger partial charge in [0, 0.05) is 25.2 Å². The number of carbonyl (C=O) groups is 1. The zero-order valence-corrected chi connectivity index (χ0v) is 13.3. The lowest BCUT2D eigenvalue weighted by molar-refractivity contribution is -0.385. The highest BCUT2D eigenvalue weighted by molar-refractivity contribution is 5.97. The molecule has 0 aliphatic carbocycles. The highest BCUT2D eigenvalue weighted by Crippen LogP contribution is 2.23. The maximum atomic E-state index is 12.5. The molecule has 0 aliphatic rings. The van der Waals surface area contributed by atoms with Gasteiger partial charge in [0.2, 0.25) is 0 Å². The van der Waals surface area contributed by atoms with Crippen LogP contribution in [-0.2, 0) is 6.54 Å². The first-order chi connectivity index (χ1) is 10.9. The molecule has 23 heavy (non-hydrogen) atoms. The Bertz CT molecular complexity index is 743. The number of methoxy groups -OCH3 is 1. The van der Waals surface area contributed by atoms with Gasteiger partial charge in [0.1, 0.15) is 11.3 Å². The van der Waals surface area contributed by atoms with Crippen molar-refractivity contribution in [2.75, 3.05) is 14.2 Å². The van der Waals surface area contributed by atoms with Crippen LogP contribution < -0.4 is 4.74 Å². The van der Waals surface area contributed by atoms with Crippen molar-refractivity contribution in [2.24, 2.45) is 0 Å². The Hall–Kier alpha value is -2.89. The standard InChI is InChI=1S/C17H18N2O4/c1-12-8-9-16(23-3)13(10-12)11-18(2)17(20)14-6-4-5-7-15(14)19(21)22/h4-10H,11H2,1-3H3. The molecule has 120 valence electrons. The topological polar surface area (TPSA) is 72.7 Å². The number of hydrogen-bond donors (Lipinski definition) is 0. The minimum atomic E-state index is -0.547. The normalized spacial score (nSPS) is 10.2. The molecule has 0 bridgehead atoms. The van der Waals surface area contributed by atoms with Crippen LogP contribution in [0.4, 0.5) is 5.69 Å². The molecule has 0 saturated heterocycles. The van der Waals surface area contributed by atoms with Gasteiger partial charge in [0.05, 0.1) is 12.0 Å². The molecule has 6 nitrogen and oxygen atoms in total. The largest absolute Gasteiger partial charge is 0.496 e. The van der Waals surface area contributed by atoms with Crippen LogP contribution in [0.25, 0.3) is 0 Å². The van der Waals surface area contributed by atoms with Gasteiger partial charge in [-0.2, -0.15) is 0 Å². The predicted octanol–water partition coefficient (Wildman–Crippen LogP) is 3.18. The molecule has 1 amide bonds. The number of ether oxygens (including phenoxy) is 1. The van der Waals surface area contributed by atoms with Gasteiger partial charge in [-0.15, -0.1) is 0 Å². The summed E-state index contributed by atoms with van der Waals surface area (Å²) in [5.41, 5.74) is 1.78. The van der Waals surface area contributed by atoms with Crippen molar-refractivity contribution in [2.45, 2.75) is 13.5 Å². The molecule has 0 unspecified atom stereocenters. The van der Waals surface area contributed by atoms with Gasteiger partial charge in [-0.1, -0.05) is 29.8 Å². The van der Waals surface area contributed by atoms with Gasteiger partial charge in [0.25, 0.3) is 11.6 Å². The van der Waals surface area contributed by atoms with E-state index in [1.54, 1.807) is 26.3 Å². The van der Waals surface area contributed by atoms with Crippen LogP contribution in [-0.4, -0.2) is 29.9 Å². The monoisotopic (exact) mass is 314 g/mol. The molecule has 0 N–H and O–H groups in total. The third-order valence-electron chi connectivity index (χ3n) is 3.52. The first-order valence-corrected chi connectivity index (χ1v) is 7.06. The summed E-state index contributed by atoms with van der Waals surface area (Å²) >= 11 is 0.